The molecule has 1 saturated heterocycles. The molecule has 0 radical (unpaired) electrons. The molecule has 19 heavy (non-hydrogen) atoms. The molecule has 8 nitrogen and oxygen atoms in total. The third kappa shape index (κ3) is 2.06. The largest absolute Gasteiger partial charge is 0.502 e. The van der Waals surface area contributed by atoms with Crippen molar-refractivity contribution in [1.29, 1.82) is 0 Å². The average Bonchev–Trinajstić information content (AvgIpc) is 2.81. The van der Waals surface area contributed by atoms with Crippen molar-refractivity contribution in [1.82, 2.24) is 4.98 Å². The molecular weight excluding hydrogens is 254 g/mol. The first-order valence-electron chi connectivity index (χ1n) is 5.76. The Bertz CT molecular complexity index is 633. The molecule has 0 unspecified atom stereocenters. The number of hydrogen-bond donors (Lipinski definition) is 1. The van der Waals surface area contributed by atoms with E-state index in [0.717, 1.165) is 0 Å². The normalized spacial score (nSPS) is 15.9. The number of nitro groups is 1. The van der Waals surface area contributed by atoms with Crippen LogP contribution in [-0.4, -0.2) is 41.3 Å². The monoisotopic (exact) mass is 265 g/mol. The number of morpholine rings is 1. The van der Waals surface area contributed by atoms with Gasteiger partial charge in [0.1, 0.15) is 5.52 Å². The maximum absolute atomic E-state index is 10.7. The number of benzene rings is 1. The lowest BCUT2D eigenvalue weighted by atomic mass is 10.2. The summed E-state index contributed by atoms with van der Waals surface area (Å²) in [5.74, 6) is -0.417. The molecule has 2 aromatic rings. The number of hydrogen-bond acceptors (Lipinski definition) is 7. The molecule has 3 rings (SSSR count). The molecular formula is C11H11N3O5. The second-order valence-corrected chi connectivity index (χ2v) is 4.16. The van der Waals surface area contributed by atoms with Gasteiger partial charge < -0.3 is 19.2 Å². The fraction of sp³-hybridized carbons (Fsp3) is 0.364. The number of nitro benzene ring substituents is 1. The number of fused-ring (bicyclic) bond motifs is 1. The van der Waals surface area contributed by atoms with E-state index >= 15 is 0 Å². The molecule has 0 spiro atoms. The zero-order chi connectivity index (χ0) is 13.4. The van der Waals surface area contributed by atoms with Crippen LogP contribution in [0.1, 0.15) is 0 Å². The van der Waals surface area contributed by atoms with Gasteiger partial charge in [-0.3, -0.25) is 10.1 Å². The van der Waals surface area contributed by atoms with Gasteiger partial charge in [0.15, 0.2) is 11.3 Å². The lowest BCUT2D eigenvalue weighted by Gasteiger charge is -2.24. The first-order chi connectivity index (χ1) is 9.15. The van der Waals surface area contributed by atoms with Gasteiger partial charge >= 0.3 is 5.69 Å². The first-order valence-corrected chi connectivity index (χ1v) is 5.76. The highest BCUT2D eigenvalue weighted by Gasteiger charge is 2.21. The minimum Gasteiger partial charge on any atom is -0.502 e. The van der Waals surface area contributed by atoms with E-state index in [9.17, 15) is 15.2 Å². The molecule has 1 aromatic heterocycles. The second kappa shape index (κ2) is 4.39. The average molecular weight is 265 g/mol. The first kappa shape index (κ1) is 11.7. The maximum Gasteiger partial charge on any atom is 0.314 e. The number of phenolic OH excluding ortho intramolecular Hbond substituents is 1. The van der Waals surface area contributed by atoms with Crippen LogP contribution in [-0.2, 0) is 4.74 Å². The van der Waals surface area contributed by atoms with Crippen LogP contribution in [0.5, 0.6) is 5.75 Å². The van der Waals surface area contributed by atoms with Crippen molar-refractivity contribution in [2.24, 2.45) is 0 Å². The molecule has 2 heterocycles. The third-order valence-corrected chi connectivity index (χ3v) is 2.95. The fourth-order valence-corrected chi connectivity index (χ4v) is 1.98. The Labute approximate surface area is 107 Å². The van der Waals surface area contributed by atoms with Gasteiger partial charge in [-0.15, -0.1) is 0 Å². The van der Waals surface area contributed by atoms with Crippen LogP contribution in [0.3, 0.4) is 0 Å². The fourth-order valence-electron chi connectivity index (χ4n) is 1.98. The Balaban J connectivity index is 2.02. The molecule has 0 bridgehead atoms. The van der Waals surface area contributed by atoms with E-state index in [2.05, 4.69) is 4.98 Å². The number of aromatic nitrogens is 1. The Morgan fingerprint density at radius 3 is 2.79 bits per heavy atom. The van der Waals surface area contributed by atoms with Crippen LogP contribution in [0.4, 0.5) is 11.7 Å². The van der Waals surface area contributed by atoms with Gasteiger partial charge in [0.2, 0.25) is 0 Å². The summed E-state index contributed by atoms with van der Waals surface area (Å²) in [4.78, 5) is 16.2. The second-order valence-electron chi connectivity index (χ2n) is 4.16. The summed E-state index contributed by atoms with van der Waals surface area (Å²) in [5, 5.41) is 20.3. The molecule has 0 amide bonds. The molecule has 0 saturated carbocycles. The highest BCUT2D eigenvalue weighted by atomic mass is 16.6. The van der Waals surface area contributed by atoms with Crippen molar-refractivity contribution >= 4 is 22.8 Å². The van der Waals surface area contributed by atoms with Crippen LogP contribution < -0.4 is 4.90 Å². The third-order valence-electron chi connectivity index (χ3n) is 2.95. The van der Waals surface area contributed by atoms with E-state index in [1.54, 1.807) is 0 Å². The summed E-state index contributed by atoms with van der Waals surface area (Å²) >= 11 is 0. The van der Waals surface area contributed by atoms with Crippen molar-refractivity contribution in [2.45, 2.75) is 0 Å². The Kier molecular flexibility index (Phi) is 2.71. The van der Waals surface area contributed by atoms with Crippen LogP contribution in [0.25, 0.3) is 11.1 Å². The molecule has 1 aliphatic rings. The predicted octanol–water partition coefficient (Wildman–Crippen LogP) is 1.28. The molecule has 8 heteroatoms. The van der Waals surface area contributed by atoms with Crippen molar-refractivity contribution in [3.63, 3.8) is 0 Å². The minimum absolute atomic E-state index is 0.283. The number of anilines is 1. The van der Waals surface area contributed by atoms with Crippen LogP contribution in [0.2, 0.25) is 0 Å². The highest BCUT2D eigenvalue weighted by molar-refractivity contribution is 5.80. The van der Waals surface area contributed by atoms with Crippen molar-refractivity contribution < 1.29 is 19.2 Å². The Morgan fingerprint density at radius 1 is 1.37 bits per heavy atom. The molecule has 1 N–H and O–H groups in total. The number of oxazole rings is 1. The van der Waals surface area contributed by atoms with Gasteiger partial charge in [-0.2, -0.15) is 4.98 Å². The topological polar surface area (TPSA) is 102 Å². The lowest BCUT2D eigenvalue weighted by molar-refractivity contribution is -0.385. The van der Waals surface area contributed by atoms with E-state index in [-0.39, 0.29) is 5.58 Å². The summed E-state index contributed by atoms with van der Waals surface area (Å²) in [6, 6.07) is 2.81. The Hall–Kier alpha value is -2.35. The van der Waals surface area contributed by atoms with Gasteiger partial charge in [0.05, 0.1) is 24.2 Å². The number of ether oxygens (including phenoxy) is 1. The standard InChI is InChI=1S/C11H11N3O5/c15-9-5-7-10(6-8(9)14(16)17)19-11(12-7)13-1-3-18-4-2-13/h5-6,15H,1-4H2. The van der Waals surface area contributed by atoms with Gasteiger partial charge in [-0.1, -0.05) is 0 Å². The highest BCUT2D eigenvalue weighted by Crippen LogP contribution is 2.33. The van der Waals surface area contributed by atoms with Gasteiger partial charge in [-0.05, 0) is 0 Å². The van der Waals surface area contributed by atoms with E-state index in [1.165, 1.54) is 12.1 Å². The molecule has 1 aliphatic heterocycles. The summed E-state index contributed by atoms with van der Waals surface area (Å²) < 4.78 is 10.7. The zero-order valence-corrected chi connectivity index (χ0v) is 9.90. The summed E-state index contributed by atoms with van der Waals surface area (Å²) in [6.45, 7) is 2.48. The number of rotatable bonds is 2. The van der Waals surface area contributed by atoms with E-state index < -0.39 is 16.4 Å². The van der Waals surface area contributed by atoms with Crippen LogP contribution >= 0.6 is 0 Å². The molecule has 100 valence electrons. The predicted molar refractivity (Wildman–Crippen MR) is 65.4 cm³/mol. The van der Waals surface area contributed by atoms with E-state index in [1.807, 2.05) is 4.90 Å². The smallest absolute Gasteiger partial charge is 0.314 e. The molecule has 0 aliphatic carbocycles. The Morgan fingerprint density at radius 2 is 2.11 bits per heavy atom. The number of phenols is 1. The van der Waals surface area contributed by atoms with Gasteiger partial charge in [0.25, 0.3) is 6.01 Å². The zero-order valence-electron chi connectivity index (χ0n) is 9.90. The van der Waals surface area contributed by atoms with Crippen molar-refractivity contribution in [2.75, 3.05) is 31.2 Å². The lowest BCUT2D eigenvalue weighted by Crippen LogP contribution is -2.36. The SMILES string of the molecule is O=[N+]([O-])c1cc2oc(N3CCOCC3)nc2cc1O. The van der Waals surface area contributed by atoms with E-state index in [0.29, 0.717) is 37.8 Å². The van der Waals surface area contributed by atoms with Crippen LogP contribution in [0.15, 0.2) is 16.5 Å². The van der Waals surface area contributed by atoms with Gasteiger partial charge in [-0.25, -0.2) is 0 Å². The van der Waals surface area contributed by atoms with Gasteiger partial charge in [0, 0.05) is 19.2 Å². The van der Waals surface area contributed by atoms with E-state index in [4.69, 9.17) is 9.15 Å². The molecule has 0 atom stereocenters. The number of aromatic hydroxyl groups is 1. The van der Waals surface area contributed by atoms with Crippen LogP contribution in [0, 0.1) is 10.1 Å². The van der Waals surface area contributed by atoms with Crippen molar-refractivity contribution in [3.8, 4) is 5.75 Å². The maximum atomic E-state index is 10.7. The summed E-state index contributed by atoms with van der Waals surface area (Å²) in [6.07, 6.45) is 0. The summed E-state index contributed by atoms with van der Waals surface area (Å²) in [5.41, 5.74) is 0.285. The summed E-state index contributed by atoms with van der Waals surface area (Å²) in [7, 11) is 0. The number of nitrogens with zero attached hydrogens (tertiary/aromatic N) is 3. The molecule has 1 fully saturated rings. The van der Waals surface area contributed by atoms with Crippen molar-refractivity contribution in [3.05, 3.63) is 22.2 Å². The quantitative estimate of drug-likeness (QED) is 0.644. The minimum atomic E-state index is -0.661. The molecule has 1 aromatic carbocycles.